The highest BCUT2D eigenvalue weighted by Crippen LogP contribution is 2.51. The van der Waals surface area contributed by atoms with E-state index in [1.54, 1.807) is 0 Å². The van der Waals surface area contributed by atoms with Gasteiger partial charge in [-0.05, 0) is 141 Å². The number of fused-ring (bicyclic) bond motifs is 18. The minimum atomic E-state index is -0.0198. The third kappa shape index (κ3) is 5.19. The maximum atomic E-state index is 2.64. The highest BCUT2D eigenvalue weighted by Gasteiger charge is 2.46. The highest BCUT2D eigenvalue weighted by atomic mass is 15.3. The molecule has 3 nitrogen and oxygen atoms in total. The van der Waals surface area contributed by atoms with E-state index in [-0.39, 0.29) is 6.71 Å². The van der Waals surface area contributed by atoms with Gasteiger partial charge >= 0.3 is 0 Å². The summed E-state index contributed by atoms with van der Waals surface area (Å²) in [6.45, 7) is 9.29. The van der Waals surface area contributed by atoms with Crippen LogP contribution in [-0.2, 0) is 7.05 Å². The van der Waals surface area contributed by atoms with Crippen molar-refractivity contribution in [3.05, 3.63) is 199 Å². The summed E-state index contributed by atoms with van der Waals surface area (Å²) in [5.41, 5.74) is 14.1. The number of anilines is 6. The lowest BCUT2D eigenvalue weighted by Crippen LogP contribution is -2.61. The average Bonchev–Trinajstić information content (AvgIpc) is 3.66. The van der Waals surface area contributed by atoms with Crippen LogP contribution in [0.4, 0.5) is 34.3 Å². The van der Waals surface area contributed by atoms with E-state index in [1.165, 1.54) is 137 Å². The minimum Gasteiger partial charge on any atom is -0.330 e. The van der Waals surface area contributed by atoms with E-state index in [0.717, 1.165) is 0 Å². The van der Waals surface area contributed by atoms with E-state index in [1.807, 2.05) is 0 Å². The first-order chi connectivity index (χ1) is 32.9. The molecule has 3 heterocycles. The number of hydrogen-bond donors (Lipinski definition) is 0. The Morgan fingerprint density at radius 2 is 0.746 bits per heavy atom. The fourth-order valence-corrected chi connectivity index (χ4v) is 12.4. The largest absolute Gasteiger partial charge is 0.330 e. The molecule has 12 aromatic rings. The second kappa shape index (κ2) is 14.1. The molecular weight excluding hydrogens is 810 g/mol. The Balaban J connectivity index is 1.16. The van der Waals surface area contributed by atoms with Crippen LogP contribution in [0.1, 0.15) is 50.7 Å². The van der Waals surface area contributed by atoms with Gasteiger partial charge < -0.3 is 9.47 Å². The molecule has 1 aromatic heterocycles. The van der Waals surface area contributed by atoms with Crippen molar-refractivity contribution in [1.82, 2.24) is 4.57 Å². The topological polar surface area (TPSA) is 11.4 Å². The molecular formula is C63H48BN3. The lowest BCUT2D eigenvalue weighted by molar-refractivity contribution is 0.867. The lowest BCUT2D eigenvalue weighted by atomic mass is 9.33. The van der Waals surface area contributed by atoms with Crippen LogP contribution in [0.25, 0.3) is 75.5 Å². The Labute approximate surface area is 391 Å². The van der Waals surface area contributed by atoms with Crippen LogP contribution in [0.2, 0.25) is 0 Å². The summed E-state index contributed by atoms with van der Waals surface area (Å²) in [4.78, 5) is 5.27. The van der Waals surface area contributed by atoms with Gasteiger partial charge in [0.2, 0.25) is 0 Å². The monoisotopic (exact) mass is 857 g/mol. The molecule has 0 radical (unpaired) electrons. The molecule has 0 saturated carbocycles. The van der Waals surface area contributed by atoms with Crippen LogP contribution in [-0.4, -0.2) is 11.3 Å². The van der Waals surface area contributed by atoms with Gasteiger partial charge in [-0.15, -0.1) is 0 Å². The Morgan fingerprint density at radius 3 is 1.27 bits per heavy atom. The van der Waals surface area contributed by atoms with E-state index in [9.17, 15) is 0 Å². The molecule has 2 aliphatic rings. The van der Waals surface area contributed by atoms with Crippen molar-refractivity contribution < 1.29 is 0 Å². The molecule has 2 aliphatic heterocycles. The Hall–Kier alpha value is -7.82. The molecule has 14 rings (SSSR count). The Morgan fingerprint density at radius 1 is 0.343 bits per heavy atom. The van der Waals surface area contributed by atoms with Gasteiger partial charge in [0.25, 0.3) is 6.71 Å². The van der Waals surface area contributed by atoms with Crippen LogP contribution in [0.5, 0.6) is 0 Å². The quantitative estimate of drug-likeness (QED) is 0.129. The average molecular weight is 858 g/mol. The van der Waals surface area contributed by atoms with E-state index in [2.05, 4.69) is 237 Å². The fraction of sp³-hybridized carbons (Fsp3) is 0.111. The van der Waals surface area contributed by atoms with Gasteiger partial charge in [0.05, 0.1) is 11.4 Å². The van der Waals surface area contributed by atoms with Gasteiger partial charge in [0.1, 0.15) is 5.82 Å². The van der Waals surface area contributed by atoms with Gasteiger partial charge in [-0.1, -0.05) is 173 Å². The molecule has 0 bridgehead atoms. The number of nitrogens with zero attached hydrogens (tertiary/aromatic N) is 3. The van der Waals surface area contributed by atoms with Crippen LogP contribution >= 0.6 is 0 Å². The van der Waals surface area contributed by atoms with E-state index >= 15 is 0 Å². The van der Waals surface area contributed by atoms with Crippen molar-refractivity contribution in [3.63, 3.8) is 0 Å². The van der Waals surface area contributed by atoms with Crippen LogP contribution < -0.4 is 26.2 Å². The van der Waals surface area contributed by atoms with Crippen molar-refractivity contribution in [1.29, 1.82) is 0 Å². The molecule has 0 atom stereocenters. The van der Waals surface area contributed by atoms with Crippen LogP contribution in [0.3, 0.4) is 0 Å². The zero-order valence-electron chi connectivity index (χ0n) is 38.5. The zero-order valence-corrected chi connectivity index (χ0v) is 38.5. The minimum absolute atomic E-state index is 0.0198. The predicted octanol–water partition coefficient (Wildman–Crippen LogP) is 15.4. The van der Waals surface area contributed by atoms with Gasteiger partial charge in [-0.3, -0.25) is 4.90 Å². The van der Waals surface area contributed by atoms with Crippen molar-refractivity contribution in [3.8, 4) is 0 Å². The second-order valence-corrected chi connectivity index (χ2v) is 19.6. The van der Waals surface area contributed by atoms with E-state index in [4.69, 9.17) is 0 Å². The Bertz CT molecular complexity index is 4010. The van der Waals surface area contributed by atoms with Gasteiger partial charge in [-0.2, -0.15) is 0 Å². The highest BCUT2D eigenvalue weighted by molar-refractivity contribution is 7.01. The van der Waals surface area contributed by atoms with Crippen LogP contribution in [0.15, 0.2) is 188 Å². The summed E-state index contributed by atoms with van der Waals surface area (Å²) in [7, 11) is 2.29. The number of aromatic nitrogens is 1. The van der Waals surface area contributed by atoms with Crippen molar-refractivity contribution >= 4 is 133 Å². The molecule has 0 saturated heterocycles. The van der Waals surface area contributed by atoms with Crippen molar-refractivity contribution in [2.45, 2.75) is 39.5 Å². The normalized spacial score (nSPS) is 13.3. The first-order valence-electron chi connectivity index (χ1n) is 24.0. The summed E-state index contributed by atoms with van der Waals surface area (Å²) in [5, 5.41) is 16.6. The standard InChI is InChI=1S/C63H48BN3/c1-37(2)39-31-33-53-51(35-39)61-63(65(53)5)67(56-28-15-26-50-46-20-9-7-18-42(46)44-22-11-13-24-48(44)60(50)56)58-30-16-29-57-62(58)64(61)52-36-40(38(3)4)32-34-54(52)66(57)55-27-14-25-49-45-19-8-6-17-41(45)43-21-10-12-23-47(43)59(49)55/h6-38H,1-5H3. The number of hydrogen-bond acceptors (Lipinski definition) is 2. The maximum Gasteiger partial charge on any atom is 0.255 e. The van der Waals surface area contributed by atoms with E-state index < -0.39 is 0 Å². The molecule has 318 valence electrons. The molecule has 0 aliphatic carbocycles. The molecule has 4 heteroatoms. The first kappa shape index (κ1) is 38.5. The molecule has 0 spiro atoms. The van der Waals surface area contributed by atoms with Crippen LogP contribution in [0, 0.1) is 0 Å². The molecule has 0 amide bonds. The first-order valence-corrected chi connectivity index (χ1v) is 24.0. The lowest BCUT2D eigenvalue weighted by Gasteiger charge is -2.44. The summed E-state index contributed by atoms with van der Waals surface area (Å²) in [6, 6.07) is 71.6. The predicted molar refractivity (Wildman–Crippen MR) is 290 cm³/mol. The Kier molecular flexibility index (Phi) is 8.09. The molecule has 0 N–H and O–H groups in total. The van der Waals surface area contributed by atoms with Crippen molar-refractivity contribution in [2.24, 2.45) is 7.05 Å². The smallest absolute Gasteiger partial charge is 0.255 e. The molecule has 0 fully saturated rings. The third-order valence-corrected chi connectivity index (χ3v) is 15.5. The number of aryl methyl sites for hydroxylation is 1. The number of benzene rings is 11. The molecule has 0 unspecified atom stereocenters. The summed E-state index contributed by atoms with van der Waals surface area (Å²) in [6.07, 6.45) is 0. The maximum absolute atomic E-state index is 2.64. The van der Waals surface area contributed by atoms with Crippen molar-refractivity contribution in [2.75, 3.05) is 9.80 Å². The fourth-order valence-electron chi connectivity index (χ4n) is 12.4. The van der Waals surface area contributed by atoms with Gasteiger partial charge in [0.15, 0.2) is 0 Å². The van der Waals surface area contributed by atoms with E-state index in [0.29, 0.717) is 11.8 Å². The zero-order chi connectivity index (χ0) is 44.8. The van der Waals surface area contributed by atoms with Gasteiger partial charge in [0, 0.05) is 40.4 Å². The summed E-state index contributed by atoms with van der Waals surface area (Å²) in [5.74, 6) is 1.98. The third-order valence-electron chi connectivity index (χ3n) is 15.5. The SMILES string of the molecule is CC(C)c1ccc2c(c1)B1c3c(cccc3N(c3cccc4c5ccccc5c5ccccc5c34)c3c1c1cc(C(C)C)ccc1n3C)N2c1cccc2c3ccccc3c3ccccc3c12. The van der Waals surface area contributed by atoms with Gasteiger partial charge in [-0.25, -0.2) is 0 Å². The summed E-state index contributed by atoms with van der Waals surface area (Å²) >= 11 is 0. The summed E-state index contributed by atoms with van der Waals surface area (Å²) < 4.78 is 2.49. The molecule has 67 heavy (non-hydrogen) atoms. The molecule has 11 aromatic carbocycles. The number of rotatable bonds is 4. The second-order valence-electron chi connectivity index (χ2n) is 19.6.